The summed E-state index contributed by atoms with van der Waals surface area (Å²) >= 11 is 7.48. The molecule has 1 amide bonds. The molecule has 0 bridgehead atoms. The van der Waals surface area contributed by atoms with Crippen molar-refractivity contribution in [3.8, 4) is 0 Å². The van der Waals surface area contributed by atoms with Gasteiger partial charge in [0.2, 0.25) is 10.0 Å². The smallest absolute Gasteiger partial charge is 0.340 e. The number of benzene rings is 2. The Hall–Kier alpha value is -3.05. The van der Waals surface area contributed by atoms with Gasteiger partial charge in [-0.05, 0) is 66.3 Å². The molecule has 1 aromatic heterocycles. The molecule has 2 heterocycles. The second-order valence-corrected chi connectivity index (χ2v) is 11.3. The number of rotatable bonds is 8. The second kappa shape index (κ2) is 11.3. The van der Waals surface area contributed by atoms with E-state index < -0.39 is 34.3 Å². The fourth-order valence-corrected chi connectivity index (χ4v) is 6.06. The molecule has 0 radical (unpaired) electrons. The number of nitrogens with zero attached hydrogens (tertiary/aromatic N) is 1. The largest absolute Gasteiger partial charge is 0.452 e. The number of hydrogen-bond acceptors (Lipinski definition) is 6. The number of carbonyl (C=O) groups is 2. The van der Waals surface area contributed by atoms with Crippen LogP contribution in [0.15, 0.2) is 64.9 Å². The minimum atomic E-state index is -3.70. The maximum atomic E-state index is 13.2. The average Bonchev–Trinajstić information content (AvgIpc) is 3.58. The zero-order valence-corrected chi connectivity index (χ0v) is 21.3. The van der Waals surface area contributed by atoms with Crippen LogP contribution in [0.25, 0.3) is 11.6 Å². The van der Waals surface area contributed by atoms with Gasteiger partial charge in [0.15, 0.2) is 6.61 Å². The molecule has 188 valence electrons. The summed E-state index contributed by atoms with van der Waals surface area (Å²) in [5, 5.41) is 4.44. The first-order valence-electron chi connectivity index (χ1n) is 11.0. The van der Waals surface area contributed by atoms with Crippen LogP contribution < -0.4 is 5.32 Å². The van der Waals surface area contributed by atoms with Crippen LogP contribution in [0.3, 0.4) is 0 Å². The molecule has 0 atom stereocenters. The number of ether oxygens (including phenoxy) is 1. The van der Waals surface area contributed by atoms with Crippen LogP contribution >= 0.6 is 22.9 Å². The quantitative estimate of drug-likeness (QED) is 0.314. The SMILES string of the molecule is O=C(COC(=O)C(=Cc1ccc(F)cc1)c1cccs1)Nc1cc(S(=O)(=O)N2CCCC2)ccc1Cl. The molecule has 1 aliphatic rings. The summed E-state index contributed by atoms with van der Waals surface area (Å²) in [7, 11) is -3.70. The van der Waals surface area contributed by atoms with Gasteiger partial charge in [-0.2, -0.15) is 4.31 Å². The van der Waals surface area contributed by atoms with Crippen molar-refractivity contribution in [2.24, 2.45) is 0 Å². The third-order valence-corrected chi connectivity index (χ3v) is 8.56. The molecule has 0 aliphatic carbocycles. The Kier molecular flexibility index (Phi) is 8.20. The Morgan fingerprint density at radius 2 is 1.83 bits per heavy atom. The lowest BCUT2D eigenvalue weighted by atomic mass is 10.1. The fraction of sp³-hybridized carbons (Fsp3) is 0.200. The average molecular weight is 549 g/mol. The predicted octanol–water partition coefficient (Wildman–Crippen LogP) is 5.05. The van der Waals surface area contributed by atoms with Crippen LogP contribution in [0.4, 0.5) is 10.1 Å². The van der Waals surface area contributed by atoms with E-state index in [1.54, 1.807) is 23.6 Å². The number of hydrogen-bond donors (Lipinski definition) is 1. The maximum absolute atomic E-state index is 13.2. The summed E-state index contributed by atoms with van der Waals surface area (Å²) < 4.78 is 45.5. The topological polar surface area (TPSA) is 92.8 Å². The molecule has 2 aromatic carbocycles. The molecule has 0 spiro atoms. The van der Waals surface area contributed by atoms with Gasteiger partial charge in [0.25, 0.3) is 5.91 Å². The van der Waals surface area contributed by atoms with E-state index in [2.05, 4.69) is 5.32 Å². The van der Waals surface area contributed by atoms with E-state index >= 15 is 0 Å². The summed E-state index contributed by atoms with van der Waals surface area (Å²) in [6.07, 6.45) is 3.14. The van der Waals surface area contributed by atoms with Gasteiger partial charge in [0.05, 0.1) is 21.2 Å². The number of halogens is 2. The Balaban J connectivity index is 1.45. The van der Waals surface area contributed by atoms with Crippen LogP contribution in [0, 0.1) is 5.82 Å². The second-order valence-electron chi connectivity index (χ2n) is 7.96. The summed E-state index contributed by atoms with van der Waals surface area (Å²) in [6.45, 7) is 0.269. The zero-order chi connectivity index (χ0) is 25.7. The minimum Gasteiger partial charge on any atom is -0.452 e. The van der Waals surface area contributed by atoms with Crippen LogP contribution in [-0.4, -0.2) is 44.3 Å². The number of anilines is 1. The standard InChI is InChI=1S/C25H22ClFN2O5S2/c26-21-10-9-19(36(32,33)29-11-1-2-12-29)15-22(21)28-24(30)16-34-25(31)20(23-4-3-13-35-23)14-17-5-7-18(27)8-6-17/h3-10,13-15H,1-2,11-12,16H2,(H,28,30). The van der Waals surface area contributed by atoms with Gasteiger partial charge in [-0.3, -0.25) is 4.79 Å². The normalized spacial score (nSPS) is 14.6. The van der Waals surface area contributed by atoms with Crippen molar-refractivity contribution in [3.05, 3.63) is 81.3 Å². The van der Waals surface area contributed by atoms with Gasteiger partial charge < -0.3 is 10.1 Å². The van der Waals surface area contributed by atoms with Crippen LogP contribution in [0.5, 0.6) is 0 Å². The van der Waals surface area contributed by atoms with Gasteiger partial charge in [0.1, 0.15) is 5.82 Å². The Morgan fingerprint density at radius 1 is 1.11 bits per heavy atom. The molecule has 7 nitrogen and oxygen atoms in total. The molecule has 36 heavy (non-hydrogen) atoms. The first-order chi connectivity index (χ1) is 17.2. The first-order valence-corrected chi connectivity index (χ1v) is 13.7. The minimum absolute atomic E-state index is 0.0170. The maximum Gasteiger partial charge on any atom is 0.340 e. The predicted molar refractivity (Wildman–Crippen MR) is 138 cm³/mol. The lowest BCUT2D eigenvalue weighted by Crippen LogP contribution is -2.28. The highest BCUT2D eigenvalue weighted by Gasteiger charge is 2.28. The lowest BCUT2D eigenvalue weighted by Gasteiger charge is -2.17. The van der Waals surface area contributed by atoms with E-state index in [-0.39, 0.29) is 21.2 Å². The highest BCUT2D eigenvalue weighted by Crippen LogP contribution is 2.29. The number of esters is 1. The van der Waals surface area contributed by atoms with Crippen LogP contribution in [-0.2, 0) is 24.3 Å². The molecule has 11 heteroatoms. The molecule has 1 N–H and O–H groups in total. The van der Waals surface area contributed by atoms with E-state index in [1.165, 1.54) is 58.1 Å². The van der Waals surface area contributed by atoms with E-state index in [4.69, 9.17) is 16.3 Å². The van der Waals surface area contributed by atoms with Gasteiger partial charge in [-0.25, -0.2) is 17.6 Å². The number of carbonyl (C=O) groups excluding carboxylic acids is 2. The third kappa shape index (κ3) is 6.19. The number of sulfonamides is 1. The van der Waals surface area contributed by atoms with Gasteiger partial charge in [-0.1, -0.05) is 29.8 Å². The summed E-state index contributed by atoms with van der Waals surface area (Å²) in [5.41, 5.74) is 0.892. The van der Waals surface area contributed by atoms with Gasteiger partial charge in [-0.15, -0.1) is 11.3 Å². The van der Waals surface area contributed by atoms with Crippen molar-refractivity contribution in [2.45, 2.75) is 17.7 Å². The molecule has 1 saturated heterocycles. The highest BCUT2D eigenvalue weighted by atomic mass is 35.5. The van der Waals surface area contributed by atoms with Crippen molar-refractivity contribution >= 4 is 62.2 Å². The van der Waals surface area contributed by atoms with Gasteiger partial charge in [0, 0.05) is 18.0 Å². The number of nitrogens with one attached hydrogen (secondary N) is 1. The van der Waals surface area contributed by atoms with Crippen molar-refractivity contribution < 1.29 is 27.1 Å². The van der Waals surface area contributed by atoms with E-state index in [1.807, 2.05) is 0 Å². The summed E-state index contributed by atoms with van der Waals surface area (Å²) in [5.74, 6) is -1.83. The molecule has 0 unspecified atom stereocenters. The summed E-state index contributed by atoms with van der Waals surface area (Å²) in [4.78, 5) is 26.0. The third-order valence-electron chi connectivity index (χ3n) is 5.44. The van der Waals surface area contributed by atoms with E-state index in [0.717, 1.165) is 12.8 Å². The molecule has 0 saturated carbocycles. The Morgan fingerprint density at radius 3 is 2.50 bits per heavy atom. The zero-order valence-electron chi connectivity index (χ0n) is 18.9. The first kappa shape index (κ1) is 26.0. The lowest BCUT2D eigenvalue weighted by molar-refractivity contribution is -0.141. The van der Waals surface area contributed by atoms with Gasteiger partial charge >= 0.3 is 5.97 Å². The monoisotopic (exact) mass is 548 g/mol. The number of amides is 1. The molecule has 3 aromatic rings. The van der Waals surface area contributed by atoms with E-state index in [0.29, 0.717) is 23.5 Å². The van der Waals surface area contributed by atoms with Crippen molar-refractivity contribution in [1.29, 1.82) is 0 Å². The van der Waals surface area contributed by atoms with Crippen LogP contribution in [0.1, 0.15) is 23.3 Å². The van der Waals surface area contributed by atoms with Crippen LogP contribution in [0.2, 0.25) is 5.02 Å². The molecule has 1 aliphatic heterocycles. The van der Waals surface area contributed by atoms with Crippen molar-refractivity contribution in [1.82, 2.24) is 4.31 Å². The van der Waals surface area contributed by atoms with Crippen molar-refractivity contribution in [2.75, 3.05) is 25.0 Å². The molecular formula is C25H22ClFN2O5S2. The molecule has 4 rings (SSSR count). The molecular weight excluding hydrogens is 527 g/mol. The fourth-order valence-electron chi connectivity index (χ4n) is 3.62. The van der Waals surface area contributed by atoms with E-state index in [9.17, 15) is 22.4 Å². The Labute approximate surface area is 217 Å². The number of thiophene rings is 1. The Bertz CT molecular complexity index is 1380. The highest BCUT2D eigenvalue weighted by molar-refractivity contribution is 7.89. The molecule has 1 fully saturated rings. The van der Waals surface area contributed by atoms with Crippen molar-refractivity contribution in [3.63, 3.8) is 0 Å². The summed E-state index contributed by atoms with van der Waals surface area (Å²) in [6, 6.07) is 13.2.